The Kier molecular flexibility index (Phi) is 3.40. The molecule has 0 saturated carbocycles. The SMILES string of the molecule is CC(CO)NC(=O)c1nc[nH]c1C(=O)O. The molecule has 1 aromatic rings. The highest BCUT2D eigenvalue weighted by molar-refractivity contribution is 6.02. The first-order valence-electron chi connectivity index (χ1n) is 4.24. The molecular formula is C8H11N3O4. The van der Waals surface area contributed by atoms with Crippen molar-refractivity contribution in [3.63, 3.8) is 0 Å². The van der Waals surface area contributed by atoms with Crippen molar-refractivity contribution in [3.8, 4) is 0 Å². The molecule has 0 aliphatic rings. The van der Waals surface area contributed by atoms with Gasteiger partial charge in [0, 0.05) is 6.04 Å². The zero-order valence-corrected chi connectivity index (χ0v) is 8.02. The smallest absolute Gasteiger partial charge is 0.354 e. The Morgan fingerprint density at radius 2 is 2.33 bits per heavy atom. The number of hydrogen-bond acceptors (Lipinski definition) is 4. The van der Waals surface area contributed by atoms with Crippen LogP contribution in [0.25, 0.3) is 0 Å². The van der Waals surface area contributed by atoms with E-state index in [-0.39, 0.29) is 18.0 Å². The molecule has 0 fully saturated rings. The number of amides is 1. The van der Waals surface area contributed by atoms with E-state index in [9.17, 15) is 9.59 Å². The highest BCUT2D eigenvalue weighted by Gasteiger charge is 2.20. The molecule has 0 aliphatic heterocycles. The molecule has 15 heavy (non-hydrogen) atoms. The van der Waals surface area contributed by atoms with Gasteiger partial charge in [-0.2, -0.15) is 0 Å². The number of imidazole rings is 1. The lowest BCUT2D eigenvalue weighted by Crippen LogP contribution is -2.36. The average molecular weight is 213 g/mol. The van der Waals surface area contributed by atoms with Gasteiger partial charge in [0.25, 0.3) is 5.91 Å². The quantitative estimate of drug-likeness (QED) is 0.523. The van der Waals surface area contributed by atoms with Crippen LogP contribution in [0.5, 0.6) is 0 Å². The zero-order chi connectivity index (χ0) is 11.4. The third kappa shape index (κ3) is 2.53. The molecule has 82 valence electrons. The van der Waals surface area contributed by atoms with Crippen molar-refractivity contribution in [3.05, 3.63) is 17.7 Å². The van der Waals surface area contributed by atoms with Crippen LogP contribution < -0.4 is 5.32 Å². The van der Waals surface area contributed by atoms with E-state index in [0.717, 1.165) is 6.33 Å². The highest BCUT2D eigenvalue weighted by Crippen LogP contribution is 2.02. The minimum absolute atomic E-state index is 0.192. The topological polar surface area (TPSA) is 115 Å². The predicted molar refractivity (Wildman–Crippen MR) is 49.6 cm³/mol. The number of aromatic nitrogens is 2. The van der Waals surface area contributed by atoms with E-state index in [2.05, 4.69) is 15.3 Å². The van der Waals surface area contributed by atoms with Gasteiger partial charge in [-0.25, -0.2) is 9.78 Å². The number of nitrogens with zero attached hydrogens (tertiary/aromatic N) is 1. The number of carboxylic acids is 1. The fourth-order valence-corrected chi connectivity index (χ4v) is 0.967. The van der Waals surface area contributed by atoms with Crippen molar-refractivity contribution in [1.82, 2.24) is 15.3 Å². The van der Waals surface area contributed by atoms with Crippen LogP contribution in [0.4, 0.5) is 0 Å². The number of H-pyrrole nitrogens is 1. The van der Waals surface area contributed by atoms with Gasteiger partial charge >= 0.3 is 5.97 Å². The summed E-state index contributed by atoms with van der Waals surface area (Å²) in [6, 6.07) is -0.448. The van der Waals surface area contributed by atoms with Crippen LogP contribution in [0.15, 0.2) is 6.33 Å². The van der Waals surface area contributed by atoms with Gasteiger partial charge in [-0.3, -0.25) is 4.79 Å². The molecule has 7 heteroatoms. The molecule has 0 saturated heterocycles. The maximum Gasteiger partial charge on any atom is 0.354 e. The third-order valence-electron chi connectivity index (χ3n) is 1.72. The Hall–Kier alpha value is -1.89. The summed E-state index contributed by atoms with van der Waals surface area (Å²) in [7, 11) is 0. The van der Waals surface area contributed by atoms with Crippen LogP contribution in [0.1, 0.15) is 27.9 Å². The van der Waals surface area contributed by atoms with E-state index in [4.69, 9.17) is 10.2 Å². The molecule has 0 aromatic carbocycles. The van der Waals surface area contributed by atoms with Gasteiger partial charge in [0.1, 0.15) is 0 Å². The Morgan fingerprint density at radius 3 is 2.87 bits per heavy atom. The second-order valence-electron chi connectivity index (χ2n) is 2.99. The van der Waals surface area contributed by atoms with Gasteiger partial charge in [-0.1, -0.05) is 0 Å². The van der Waals surface area contributed by atoms with E-state index in [1.165, 1.54) is 0 Å². The molecule has 1 atom stereocenters. The molecule has 1 unspecified atom stereocenters. The minimum Gasteiger partial charge on any atom is -0.477 e. The number of aromatic carboxylic acids is 1. The van der Waals surface area contributed by atoms with Gasteiger partial charge < -0.3 is 20.5 Å². The summed E-state index contributed by atoms with van der Waals surface area (Å²) >= 11 is 0. The highest BCUT2D eigenvalue weighted by atomic mass is 16.4. The fraction of sp³-hybridized carbons (Fsp3) is 0.375. The van der Waals surface area contributed by atoms with Crippen LogP contribution in [0, 0.1) is 0 Å². The molecule has 0 aliphatic carbocycles. The molecule has 0 radical (unpaired) electrons. The first-order chi connectivity index (χ1) is 7.06. The lowest BCUT2D eigenvalue weighted by molar-refractivity contribution is 0.0684. The van der Waals surface area contributed by atoms with Gasteiger partial charge in [-0.05, 0) is 6.92 Å². The van der Waals surface area contributed by atoms with E-state index in [0.29, 0.717) is 0 Å². The van der Waals surface area contributed by atoms with Crippen LogP contribution in [0.2, 0.25) is 0 Å². The molecule has 1 amide bonds. The number of aromatic amines is 1. The van der Waals surface area contributed by atoms with Gasteiger partial charge in [0.2, 0.25) is 0 Å². The van der Waals surface area contributed by atoms with Crippen molar-refractivity contribution >= 4 is 11.9 Å². The first-order valence-corrected chi connectivity index (χ1v) is 4.24. The number of carbonyl (C=O) groups is 2. The molecule has 1 heterocycles. The number of hydrogen-bond donors (Lipinski definition) is 4. The number of carbonyl (C=O) groups excluding carboxylic acids is 1. The normalized spacial score (nSPS) is 12.1. The van der Waals surface area contributed by atoms with Crippen molar-refractivity contribution in [2.45, 2.75) is 13.0 Å². The Labute approximate surface area is 85.1 Å². The van der Waals surface area contributed by atoms with E-state index >= 15 is 0 Å². The van der Waals surface area contributed by atoms with Gasteiger partial charge in [0.15, 0.2) is 11.4 Å². The molecular weight excluding hydrogens is 202 g/mol. The third-order valence-corrected chi connectivity index (χ3v) is 1.72. The van der Waals surface area contributed by atoms with Gasteiger partial charge in [-0.15, -0.1) is 0 Å². The maximum atomic E-state index is 11.4. The first kappa shape index (κ1) is 11.2. The van der Waals surface area contributed by atoms with E-state index in [1.54, 1.807) is 6.92 Å². The minimum atomic E-state index is -1.26. The Balaban J connectivity index is 2.82. The van der Waals surface area contributed by atoms with E-state index in [1.807, 2.05) is 0 Å². The molecule has 1 aromatic heterocycles. The van der Waals surface area contributed by atoms with Crippen molar-refractivity contribution in [2.24, 2.45) is 0 Å². The summed E-state index contributed by atoms with van der Waals surface area (Å²) in [6.45, 7) is 1.36. The number of nitrogens with one attached hydrogen (secondary N) is 2. The number of aliphatic hydroxyl groups is 1. The fourth-order valence-electron chi connectivity index (χ4n) is 0.967. The standard InChI is InChI=1S/C8H11N3O4/c1-4(2-12)11-7(13)5-6(8(14)15)10-3-9-5/h3-4,12H,2H2,1H3,(H,9,10)(H,11,13)(H,14,15). The van der Waals surface area contributed by atoms with Crippen LogP contribution >= 0.6 is 0 Å². The number of carboxylic acid groups (broad SMARTS) is 1. The van der Waals surface area contributed by atoms with Gasteiger partial charge in [0.05, 0.1) is 12.9 Å². The van der Waals surface area contributed by atoms with Crippen molar-refractivity contribution in [2.75, 3.05) is 6.61 Å². The van der Waals surface area contributed by atoms with Crippen LogP contribution in [-0.4, -0.2) is 44.7 Å². The Bertz CT molecular complexity index is 374. The summed E-state index contributed by atoms with van der Waals surface area (Å²) < 4.78 is 0. The predicted octanol–water partition coefficient (Wildman–Crippen LogP) is -0.782. The lowest BCUT2D eigenvalue weighted by Gasteiger charge is -2.09. The molecule has 0 bridgehead atoms. The number of aliphatic hydroxyl groups excluding tert-OH is 1. The largest absolute Gasteiger partial charge is 0.477 e. The summed E-state index contributed by atoms with van der Waals surface area (Å²) in [5.74, 6) is -1.88. The zero-order valence-electron chi connectivity index (χ0n) is 8.02. The summed E-state index contributed by atoms with van der Waals surface area (Å²) in [5.41, 5.74) is -0.458. The molecule has 4 N–H and O–H groups in total. The van der Waals surface area contributed by atoms with Crippen LogP contribution in [-0.2, 0) is 0 Å². The number of rotatable bonds is 4. The maximum absolute atomic E-state index is 11.4. The second kappa shape index (κ2) is 4.56. The summed E-state index contributed by atoms with van der Waals surface area (Å²) in [5, 5.41) is 19.8. The molecule has 0 spiro atoms. The van der Waals surface area contributed by atoms with Crippen molar-refractivity contribution < 1.29 is 19.8 Å². The average Bonchev–Trinajstić information content (AvgIpc) is 2.65. The molecule has 7 nitrogen and oxygen atoms in total. The summed E-state index contributed by atoms with van der Waals surface area (Å²) in [4.78, 5) is 28.0. The molecule has 1 rings (SSSR count). The van der Waals surface area contributed by atoms with E-state index < -0.39 is 17.9 Å². The van der Waals surface area contributed by atoms with Crippen LogP contribution in [0.3, 0.4) is 0 Å². The summed E-state index contributed by atoms with van der Waals surface area (Å²) in [6.07, 6.45) is 1.13. The Morgan fingerprint density at radius 1 is 1.67 bits per heavy atom. The lowest BCUT2D eigenvalue weighted by atomic mass is 10.3. The second-order valence-corrected chi connectivity index (χ2v) is 2.99. The monoisotopic (exact) mass is 213 g/mol. The van der Waals surface area contributed by atoms with Crippen molar-refractivity contribution in [1.29, 1.82) is 0 Å².